The Bertz CT molecular complexity index is 570. The van der Waals surface area contributed by atoms with Gasteiger partial charge in [0, 0.05) is 32.6 Å². The number of hydrogen-bond acceptors (Lipinski definition) is 3. The minimum atomic E-state index is 0.0554. The van der Waals surface area contributed by atoms with Crippen molar-refractivity contribution in [1.29, 1.82) is 0 Å². The number of likely N-dealkylation sites (tertiary alicyclic amines) is 1. The number of amides is 2. The summed E-state index contributed by atoms with van der Waals surface area (Å²) >= 11 is 0. The van der Waals surface area contributed by atoms with Crippen molar-refractivity contribution in [2.45, 2.75) is 32.2 Å². The molecule has 3 rings (SSSR count). The van der Waals surface area contributed by atoms with Gasteiger partial charge >= 0.3 is 0 Å². The zero-order valence-corrected chi connectivity index (χ0v) is 13.8. The van der Waals surface area contributed by atoms with Crippen LogP contribution in [0.4, 0.5) is 0 Å². The monoisotopic (exact) mass is 315 g/mol. The van der Waals surface area contributed by atoms with E-state index >= 15 is 0 Å². The molecule has 1 aromatic rings. The van der Waals surface area contributed by atoms with Gasteiger partial charge in [-0.25, -0.2) is 0 Å². The number of piperazine rings is 1. The predicted octanol–water partition coefficient (Wildman–Crippen LogP) is 1.34. The van der Waals surface area contributed by atoms with E-state index < -0.39 is 0 Å². The van der Waals surface area contributed by atoms with Crippen LogP contribution in [0.1, 0.15) is 36.9 Å². The molecule has 0 radical (unpaired) electrons. The fourth-order valence-electron chi connectivity index (χ4n) is 3.40. The van der Waals surface area contributed by atoms with Gasteiger partial charge in [0.25, 0.3) is 0 Å². The Morgan fingerprint density at radius 3 is 2.70 bits per heavy atom. The van der Waals surface area contributed by atoms with Crippen molar-refractivity contribution in [2.24, 2.45) is 0 Å². The van der Waals surface area contributed by atoms with E-state index in [0.29, 0.717) is 19.5 Å². The highest BCUT2D eigenvalue weighted by Crippen LogP contribution is 2.23. The summed E-state index contributed by atoms with van der Waals surface area (Å²) < 4.78 is 0. The highest BCUT2D eigenvalue weighted by atomic mass is 16.2. The molecule has 0 bridgehead atoms. The molecular weight excluding hydrogens is 290 g/mol. The van der Waals surface area contributed by atoms with Gasteiger partial charge in [0.05, 0.1) is 12.6 Å². The first-order valence-corrected chi connectivity index (χ1v) is 8.56. The highest BCUT2D eigenvalue weighted by Gasteiger charge is 2.30. The van der Waals surface area contributed by atoms with Crippen LogP contribution in [-0.2, 0) is 16.0 Å². The molecule has 2 aliphatic heterocycles. The fourth-order valence-corrected chi connectivity index (χ4v) is 3.40. The second kappa shape index (κ2) is 7.13. The number of nitrogens with zero attached hydrogens (tertiary/aromatic N) is 2. The molecule has 1 unspecified atom stereocenters. The maximum atomic E-state index is 12.7. The number of hydrogen-bond donors (Lipinski definition) is 1. The molecule has 5 nitrogen and oxygen atoms in total. The number of rotatable bonds is 4. The molecule has 1 aromatic carbocycles. The van der Waals surface area contributed by atoms with Gasteiger partial charge in [-0.2, -0.15) is 0 Å². The van der Waals surface area contributed by atoms with Crippen LogP contribution in [-0.4, -0.2) is 54.3 Å². The van der Waals surface area contributed by atoms with Gasteiger partial charge in [-0.1, -0.05) is 31.2 Å². The van der Waals surface area contributed by atoms with Crippen LogP contribution in [0.5, 0.6) is 0 Å². The molecule has 5 heteroatoms. The molecule has 2 aliphatic rings. The van der Waals surface area contributed by atoms with Crippen molar-refractivity contribution in [3.8, 4) is 0 Å². The van der Waals surface area contributed by atoms with Crippen LogP contribution in [0.3, 0.4) is 0 Å². The third-order valence-corrected chi connectivity index (χ3v) is 4.83. The van der Waals surface area contributed by atoms with E-state index in [1.54, 1.807) is 4.90 Å². The molecule has 23 heavy (non-hydrogen) atoms. The zero-order chi connectivity index (χ0) is 16.2. The lowest BCUT2D eigenvalue weighted by atomic mass is 10.0. The average molecular weight is 315 g/mol. The molecule has 0 aliphatic carbocycles. The summed E-state index contributed by atoms with van der Waals surface area (Å²) in [5, 5.41) is 3.37. The summed E-state index contributed by atoms with van der Waals surface area (Å²) in [5.74, 6) is 0.170. The molecule has 1 N–H and O–H groups in total. The van der Waals surface area contributed by atoms with E-state index in [2.05, 4.69) is 36.5 Å². The summed E-state index contributed by atoms with van der Waals surface area (Å²) in [5.41, 5.74) is 2.47. The first-order valence-electron chi connectivity index (χ1n) is 8.56. The van der Waals surface area contributed by atoms with Crippen LogP contribution in [0.15, 0.2) is 24.3 Å². The number of benzene rings is 1. The van der Waals surface area contributed by atoms with Crippen LogP contribution in [0, 0.1) is 0 Å². The van der Waals surface area contributed by atoms with Gasteiger partial charge < -0.3 is 15.1 Å². The van der Waals surface area contributed by atoms with E-state index in [1.807, 2.05) is 4.90 Å². The first-order chi connectivity index (χ1) is 11.2. The Kier molecular flexibility index (Phi) is 4.96. The number of carbonyl (C=O) groups excluding carboxylic acids is 2. The lowest BCUT2D eigenvalue weighted by Crippen LogP contribution is -2.51. The molecule has 124 valence electrons. The van der Waals surface area contributed by atoms with Crippen molar-refractivity contribution < 1.29 is 9.59 Å². The fraction of sp³-hybridized carbons (Fsp3) is 0.556. The Hall–Kier alpha value is -1.88. The van der Waals surface area contributed by atoms with E-state index in [1.165, 1.54) is 5.56 Å². The molecule has 2 fully saturated rings. The van der Waals surface area contributed by atoms with Gasteiger partial charge in [0.15, 0.2) is 0 Å². The number of carbonyl (C=O) groups is 2. The third kappa shape index (κ3) is 3.55. The first kappa shape index (κ1) is 16.0. The summed E-state index contributed by atoms with van der Waals surface area (Å²) in [6.45, 7) is 5.35. The Morgan fingerprint density at radius 2 is 2.04 bits per heavy atom. The van der Waals surface area contributed by atoms with Crippen LogP contribution in [0.2, 0.25) is 0 Å². The second-order valence-electron chi connectivity index (χ2n) is 6.32. The van der Waals surface area contributed by atoms with Crippen molar-refractivity contribution >= 4 is 11.8 Å². The molecular formula is C18H25N3O2. The maximum Gasteiger partial charge on any atom is 0.242 e. The number of aryl methyl sites for hydroxylation is 1. The quantitative estimate of drug-likeness (QED) is 0.912. The van der Waals surface area contributed by atoms with E-state index in [4.69, 9.17) is 0 Å². The van der Waals surface area contributed by atoms with E-state index in [9.17, 15) is 9.59 Å². The summed E-state index contributed by atoms with van der Waals surface area (Å²) in [7, 11) is 0. The lowest BCUT2D eigenvalue weighted by molar-refractivity contribution is -0.140. The van der Waals surface area contributed by atoms with Gasteiger partial charge in [-0.05, 0) is 24.0 Å². The minimum Gasteiger partial charge on any atom is -0.333 e. The predicted molar refractivity (Wildman–Crippen MR) is 89.0 cm³/mol. The Labute approximate surface area is 137 Å². The van der Waals surface area contributed by atoms with Crippen molar-refractivity contribution in [1.82, 2.24) is 15.1 Å². The van der Waals surface area contributed by atoms with Crippen LogP contribution < -0.4 is 5.32 Å². The third-order valence-electron chi connectivity index (χ3n) is 4.83. The van der Waals surface area contributed by atoms with Crippen LogP contribution >= 0.6 is 0 Å². The average Bonchev–Trinajstić information content (AvgIpc) is 3.00. The van der Waals surface area contributed by atoms with Gasteiger partial charge in [0.2, 0.25) is 11.8 Å². The molecule has 2 amide bonds. The standard InChI is InChI=1S/C18H25N3O2/c1-2-14-5-7-15(8-6-14)16-12-19-9-11-21(16)18(23)13-20-10-3-4-17(20)22/h5-8,16,19H,2-4,9-13H2,1H3. The second-order valence-corrected chi connectivity index (χ2v) is 6.32. The normalized spacial score (nSPS) is 21.8. The van der Waals surface area contributed by atoms with E-state index in [0.717, 1.165) is 31.5 Å². The van der Waals surface area contributed by atoms with E-state index in [-0.39, 0.29) is 24.4 Å². The minimum absolute atomic E-state index is 0.0554. The SMILES string of the molecule is CCc1ccc(C2CNCCN2C(=O)CN2CCCC2=O)cc1. The molecule has 2 saturated heterocycles. The van der Waals surface area contributed by atoms with Crippen molar-refractivity contribution in [3.63, 3.8) is 0 Å². The smallest absolute Gasteiger partial charge is 0.242 e. The van der Waals surface area contributed by atoms with Crippen molar-refractivity contribution in [3.05, 3.63) is 35.4 Å². The summed E-state index contributed by atoms with van der Waals surface area (Å²) in [6.07, 6.45) is 2.47. The summed E-state index contributed by atoms with van der Waals surface area (Å²) in [4.78, 5) is 28.1. The van der Waals surface area contributed by atoms with Crippen LogP contribution in [0.25, 0.3) is 0 Å². The van der Waals surface area contributed by atoms with Gasteiger partial charge in [0.1, 0.15) is 0 Å². The number of nitrogens with one attached hydrogen (secondary N) is 1. The zero-order valence-electron chi connectivity index (χ0n) is 13.8. The molecule has 0 aromatic heterocycles. The summed E-state index contributed by atoms with van der Waals surface area (Å²) in [6, 6.07) is 8.57. The Balaban J connectivity index is 1.72. The maximum absolute atomic E-state index is 12.7. The van der Waals surface area contributed by atoms with Gasteiger partial charge in [-0.3, -0.25) is 9.59 Å². The lowest BCUT2D eigenvalue weighted by Gasteiger charge is -2.37. The van der Waals surface area contributed by atoms with Crippen molar-refractivity contribution in [2.75, 3.05) is 32.7 Å². The molecule has 0 spiro atoms. The topological polar surface area (TPSA) is 52.7 Å². The van der Waals surface area contributed by atoms with Gasteiger partial charge in [-0.15, -0.1) is 0 Å². The molecule has 0 saturated carbocycles. The Morgan fingerprint density at radius 1 is 1.26 bits per heavy atom. The molecule has 1 atom stereocenters. The highest BCUT2D eigenvalue weighted by molar-refractivity contribution is 5.86. The molecule has 2 heterocycles. The largest absolute Gasteiger partial charge is 0.333 e.